The lowest BCUT2D eigenvalue weighted by atomic mass is 9.42. The minimum absolute atomic E-state index is 0.0151. The number of benzene rings is 1. The summed E-state index contributed by atoms with van der Waals surface area (Å²) in [5.41, 5.74) is 2.84. The highest BCUT2D eigenvalue weighted by molar-refractivity contribution is 5.79. The predicted octanol–water partition coefficient (Wildman–Crippen LogP) is 3.83. The van der Waals surface area contributed by atoms with Gasteiger partial charge in [-0.15, -0.1) is 0 Å². The number of hydrogen-bond acceptors (Lipinski definition) is 5. The fraction of sp³-hybridized carbons (Fsp3) is 0.774. The van der Waals surface area contributed by atoms with Gasteiger partial charge in [0.1, 0.15) is 6.10 Å². The summed E-state index contributed by atoms with van der Waals surface area (Å²) in [6.07, 6.45) is 14.7. The Morgan fingerprint density at radius 2 is 1.84 bits per heavy atom. The summed E-state index contributed by atoms with van der Waals surface area (Å²) in [5.74, 6) is 2.29. The van der Waals surface area contributed by atoms with Crippen LogP contribution in [-0.2, 0) is 16.6 Å². The molecule has 2 unspecified atom stereocenters. The SMILES string of the molecule is O=C(CN1C2CCCC1CC2)N1CC[C@@]23CC[C@@H]1[C@@H]1Oc4c(O)ccc5c4[C@@]12CCN(CC1CC1)[C@H]3C5. The van der Waals surface area contributed by atoms with Crippen LogP contribution in [-0.4, -0.2) is 82.2 Å². The molecule has 10 rings (SSSR count). The lowest BCUT2D eigenvalue weighted by Gasteiger charge is -2.66. The van der Waals surface area contributed by atoms with Crippen LogP contribution in [0.4, 0.5) is 0 Å². The smallest absolute Gasteiger partial charge is 0.237 e. The summed E-state index contributed by atoms with van der Waals surface area (Å²) >= 11 is 0. The van der Waals surface area contributed by atoms with Gasteiger partial charge in [-0.3, -0.25) is 14.6 Å². The molecule has 7 fully saturated rings. The molecule has 37 heavy (non-hydrogen) atoms. The molecule has 198 valence electrons. The van der Waals surface area contributed by atoms with Crippen LogP contribution in [0.3, 0.4) is 0 Å². The molecular formula is C31H41N3O3. The Hall–Kier alpha value is -1.79. The Bertz CT molecular complexity index is 1150. The van der Waals surface area contributed by atoms with Gasteiger partial charge in [0.2, 0.25) is 5.91 Å². The van der Waals surface area contributed by atoms with Crippen LogP contribution in [0.1, 0.15) is 81.8 Å². The number of amides is 1. The van der Waals surface area contributed by atoms with E-state index in [1.165, 1.54) is 69.0 Å². The second kappa shape index (κ2) is 7.44. The molecule has 5 saturated heterocycles. The number of fused-ring (bicyclic) bond motifs is 5. The van der Waals surface area contributed by atoms with Crippen LogP contribution < -0.4 is 4.74 Å². The van der Waals surface area contributed by atoms with Crippen molar-refractivity contribution in [1.29, 1.82) is 0 Å². The van der Waals surface area contributed by atoms with E-state index < -0.39 is 0 Å². The molecule has 1 amide bonds. The molecule has 6 aliphatic heterocycles. The number of phenolic OH excluding ortho intramolecular Hbond substituents is 1. The Morgan fingerprint density at radius 3 is 2.65 bits per heavy atom. The highest BCUT2D eigenvalue weighted by atomic mass is 16.5. The van der Waals surface area contributed by atoms with E-state index in [-0.39, 0.29) is 23.0 Å². The second-order valence-corrected chi connectivity index (χ2v) is 14.0. The van der Waals surface area contributed by atoms with Crippen LogP contribution in [0.25, 0.3) is 0 Å². The Kier molecular flexibility index (Phi) is 4.44. The molecule has 7 atom stereocenters. The van der Waals surface area contributed by atoms with Crippen molar-refractivity contribution in [2.24, 2.45) is 11.3 Å². The quantitative estimate of drug-likeness (QED) is 0.677. The molecule has 2 spiro atoms. The van der Waals surface area contributed by atoms with Crippen molar-refractivity contribution in [2.45, 2.75) is 113 Å². The Balaban J connectivity index is 1.12. The molecular weight excluding hydrogens is 462 g/mol. The average molecular weight is 504 g/mol. The number of piperidine rings is 2. The zero-order chi connectivity index (χ0) is 24.5. The third-order valence-corrected chi connectivity index (χ3v) is 12.7. The third-order valence-electron chi connectivity index (χ3n) is 12.7. The minimum atomic E-state index is -0.0541. The summed E-state index contributed by atoms with van der Waals surface area (Å²) < 4.78 is 6.90. The number of phenols is 1. The topological polar surface area (TPSA) is 56.3 Å². The summed E-state index contributed by atoms with van der Waals surface area (Å²) in [6, 6.07) is 5.95. The van der Waals surface area contributed by atoms with E-state index in [0.29, 0.717) is 36.3 Å². The Labute approximate surface area is 220 Å². The van der Waals surface area contributed by atoms with Crippen LogP contribution in [0.2, 0.25) is 0 Å². The first-order valence-corrected chi connectivity index (χ1v) is 15.4. The molecule has 1 aromatic carbocycles. The fourth-order valence-electron chi connectivity index (χ4n) is 11.0. The predicted molar refractivity (Wildman–Crippen MR) is 140 cm³/mol. The van der Waals surface area contributed by atoms with Gasteiger partial charge in [0.25, 0.3) is 0 Å². The van der Waals surface area contributed by atoms with Gasteiger partial charge in [0.05, 0.1) is 12.6 Å². The number of hydrogen-bond donors (Lipinski definition) is 1. The van der Waals surface area contributed by atoms with Gasteiger partial charge in [-0.2, -0.15) is 0 Å². The molecule has 6 nitrogen and oxygen atoms in total. The molecule has 6 heterocycles. The maximum absolute atomic E-state index is 14.1. The van der Waals surface area contributed by atoms with Crippen LogP contribution >= 0.6 is 0 Å². The molecule has 1 N–H and O–H groups in total. The highest BCUT2D eigenvalue weighted by Gasteiger charge is 2.74. The standard InChI is InChI=1S/C31H41N3O3/c35-24-9-6-20-16-25-30-11-10-23(33(15-12-30)26(36)18-34-21-2-1-3-22(34)8-7-21)29-31(30,27(20)28(24)37-29)13-14-32(25)17-19-4-5-19/h6,9,19,21-23,25,29,35H,1-5,7-8,10-18H2/t21?,22?,23-,25+,29+,30-,31+/m1/s1. The van der Waals surface area contributed by atoms with Crippen LogP contribution in [0.5, 0.6) is 11.5 Å². The van der Waals surface area contributed by atoms with Gasteiger partial charge in [-0.25, -0.2) is 0 Å². The molecule has 3 aliphatic carbocycles. The molecule has 6 bridgehead atoms. The molecule has 2 saturated carbocycles. The fourth-order valence-corrected chi connectivity index (χ4v) is 11.0. The van der Waals surface area contributed by atoms with Crippen molar-refractivity contribution < 1.29 is 14.6 Å². The monoisotopic (exact) mass is 503 g/mol. The zero-order valence-electron chi connectivity index (χ0n) is 22.0. The average Bonchev–Trinajstić information content (AvgIpc) is 3.66. The first-order chi connectivity index (χ1) is 18.1. The Morgan fingerprint density at radius 1 is 1.00 bits per heavy atom. The van der Waals surface area contributed by atoms with Crippen LogP contribution in [0.15, 0.2) is 12.1 Å². The lowest BCUT2D eigenvalue weighted by molar-refractivity contribution is -0.145. The molecule has 0 radical (unpaired) electrons. The largest absolute Gasteiger partial charge is 0.504 e. The van der Waals surface area contributed by atoms with Crippen molar-refractivity contribution in [3.63, 3.8) is 0 Å². The van der Waals surface area contributed by atoms with E-state index in [1.54, 1.807) is 0 Å². The van der Waals surface area contributed by atoms with E-state index in [9.17, 15) is 9.90 Å². The van der Waals surface area contributed by atoms with Crippen molar-refractivity contribution >= 4 is 5.91 Å². The maximum atomic E-state index is 14.1. The highest BCUT2D eigenvalue weighted by Crippen LogP contribution is 2.71. The van der Waals surface area contributed by atoms with Gasteiger partial charge in [0, 0.05) is 47.6 Å². The van der Waals surface area contributed by atoms with Crippen molar-refractivity contribution in [3.05, 3.63) is 23.3 Å². The number of likely N-dealkylation sites (tertiary alicyclic amines) is 1. The number of rotatable bonds is 4. The molecule has 9 aliphatic rings. The molecule has 6 heteroatoms. The van der Waals surface area contributed by atoms with E-state index in [4.69, 9.17) is 4.74 Å². The van der Waals surface area contributed by atoms with E-state index in [1.807, 2.05) is 6.07 Å². The third kappa shape index (κ3) is 2.72. The second-order valence-electron chi connectivity index (χ2n) is 14.0. The van der Waals surface area contributed by atoms with E-state index >= 15 is 0 Å². The number of ether oxygens (including phenoxy) is 1. The first-order valence-electron chi connectivity index (χ1n) is 15.4. The maximum Gasteiger partial charge on any atom is 0.237 e. The summed E-state index contributed by atoms with van der Waals surface area (Å²) in [6.45, 7) is 3.86. The normalized spacial score (nSPS) is 43.5. The van der Waals surface area contributed by atoms with Crippen LogP contribution in [0, 0.1) is 11.3 Å². The number of carbonyl (C=O) groups excluding carboxylic acids is 1. The van der Waals surface area contributed by atoms with Gasteiger partial charge >= 0.3 is 0 Å². The van der Waals surface area contributed by atoms with Gasteiger partial charge in [-0.1, -0.05) is 12.5 Å². The first kappa shape index (κ1) is 22.1. The summed E-state index contributed by atoms with van der Waals surface area (Å²) in [4.78, 5) is 21.8. The number of nitrogens with zero attached hydrogens (tertiary/aromatic N) is 3. The lowest BCUT2D eigenvalue weighted by Crippen LogP contribution is -2.73. The van der Waals surface area contributed by atoms with E-state index in [2.05, 4.69) is 20.8 Å². The molecule has 0 aromatic heterocycles. The summed E-state index contributed by atoms with van der Waals surface area (Å²) in [7, 11) is 0. The van der Waals surface area contributed by atoms with Gasteiger partial charge < -0.3 is 14.7 Å². The number of carbonyl (C=O) groups is 1. The summed E-state index contributed by atoms with van der Waals surface area (Å²) in [5, 5.41) is 11.0. The van der Waals surface area contributed by atoms with E-state index in [0.717, 1.165) is 50.4 Å². The van der Waals surface area contributed by atoms with Crippen molar-refractivity contribution in [1.82, 2.24) is 14.7 Å². The van der Waals surface area contributed by atoms with Crippen molar-refractivity contribution in [2.75, 3.05) is 26.2 Å². The minimum Gasteiger partial charge on any atom is -0.504 e. The van der Waals surface area contributed by atoms with Crippen molar-refractivity contribution in [3.8, 4) is 11.5 Å². The zero-order valence-corrected chi connectivity index (χ0v) is 22.0. The number of aromatic hydroxyl groups is 1. The molecule has 1 aromatic rings. The van der Waals surface area contributed by atoms with Gasteiger partial charge in [0.15, 0.2) is 11.5 Å². The van der Waals surface area contributed by atoms with Gasteiger partial charge in [-0.05, 0) is 94.7 Å².